The molecule has 0 spiro atoms. The van der Waals surface area contributed by atoms with Crippen molar-refractivity contribution in [3.05, 3.63) is 34.7 Å². The molecule has 1 heterocycles. The summed E-state index contributed by atoms with van der Waals surface area (Å²) in [7, 11) is -2.62. The van der Waals surface area contributed by atoms with E-state index in [2.05, 4.69) is 0 Å². The zero-order valence-electron chi connectivity index (χ0n) is 6.69. The van der Waals surface area contributed by atoms with Crippen molar-refractivity contribution in [2.75, 3.05) is 0 Å². The molecule has 2 nitrogen and oxygen atoms in total. The van der Waals surface area contributed by atoms with Crippen LogP contribution in [-0.4, -0.2) is 9.11 Å². The van der Waals surface area contributed by atoms with Crippen LogP contribution in [0.1, 0.15) is 12.5 Å². The smallest absolute Gasteiger partial charge is 0.0706 e. The third-order valence-corrected chi connectivity index (χ3v) is 4.03. The van der Waals surface area contributed by atoms with Gasteiger partial charge in [-0.1, -0.05) is 18.2 Å². The van der Waals surface area contributed by atoms with Crippen LogP contribution >= 0.6 is 10.6 Å². The van der Waals surface area contributed by atoms with Gasteiger partial charge >= 0.3 is 0 Å². The fraction of sp³-hybridized carbons (Fsp3) is 0.111. The fourth-order valence-electron chi connectivity index (χ4n) is 1.33. The molecular weight excluding hydrogens is 172 g/mol. The van der Waals surface area contributed by atoms with Gasteiger partial charge in [0.2, 0.25) is 0 Å². The molecule has 0 aliphatic carbocycles. The topological polar surface area (TPSA) is 40.5 Å². The Morgan fingerprint density at radius 1 is 1.17 bits per heavy atom. The van der Waals surface area contributed by atoms with Crippen molar-refractivity contribution in [2.24, 2.45) is 0 Å². The Hall–Kier alpha value is -0.770. The Kier molecular flexibility index (Phi) is 1.54. The molecule has 0 fully saturated rings. The van der Waals surface area contributed by atoms with Gasteiger partial charge in [0.15, 0.2) is 0 Å². The van der Waals surface area contributed by atoms with E-state index in [4.69, 9.17) is 0 Å². The second kappa shape index (κ2) is 2.36. The predicted octanol–water partition coefficient (Wildman–Crippen LogP) is 3.17. The lowest BCUT2D eigenvalue weighted by Gasteiger charge is -2.29. The summed E-state index contributed by atoms with van der Waals surface area (Å²) in [6.07, 6.45) is 1.82. The zero-order valence-corrected chi connectivity index (χ0v) is 7.51. The first-order chi connectivity index (χ1) is 5.62. The summed E-state index contributed by atoms with van der Waals surface area (Å²) in [5.41, 5.74) is 0.926. The van der Waals surface area contributed by atoms with E-state index in [1.165, 1.54) is 0 Å². The largest absolute Gasteiger partial charge is 0.291 e. The maximum Gasteiger partial charge on any atom is 0.0706 e. The van der Waals surface area contributed by atoms with Crippen LogP contribution in [0.15, 0.2) is 34.1 Å². The first-order valence-corrected chi connectivity index (χ1v) is 5.22. The molecular formula is C9H10O2S. The van der Waals surface area contributed by atoms with Crippen LogP contribution in [0.4, 0.5) is 0 Å². The highest BCUT2D eigenvalue weighted by Crippen LogP contribution is 2.61. The van der Waals surface area contributed by atoms with Crippen molar-refractivity contribution in [1.29, 1.82) is 0 Å². The molecule has 0 saturated carbocycles. The molecule has 3 heteroatoms. The molecule has 0 unspecified atom stereocenters. The van der Waals surface area contributed by atoms with Gasteiger partial charge in [0.25, 0.3) is 0 Å². The van der Waals surface area contributed by atoms with Crippen molar-refractivity contribution in [2.45, 2.75) is 11.8 Å². The minimum atomic E-state index is -2.62. The number of rotatable bonds is 0. The number of fused-ring (bicyclic) bond motifs is 1. The van der Waals surface area contributed by atoms with Gasteiger partial charge in [0, 0.05) is 4.91 Å². The molecule has 2 N–H and O–H groups in total. The quantitative estimate of drug-likeness (QED) is 0.647. The van der Waals surface area contributed by atoms with Gasteiger partial charge in [-0.15, -0.1) is 10.6 Å². The maximum absolute atomic E-state index is 9.69. The first-order valence-electron chi connectivity index (χ1n) is 3.68. The minimum Gasteiger partial charge on any atom is -0.291 e. The zero-order chi connectivity index (χ0) is 8.77. The number of hydrogen-bond acceptors (Lipinski definition) is 2. The van der Waals surface area contributed by atoms with E-state index in [-0.39, 0.29) is 0 Å². The Morgan fingerprint density at radius 3 is 2.50 bits per heavy atom. The third kappa shape index (κ3) is 0.909. The molecule has 12 heavy (non-hydrogen) atoms. The van der Waals surface area contributed by atoms with Crippen LogP contribution < -0.4 is 0 Å². The summed E-state index contributed by atoms with van der Waals surface area (Å²) < 4.78 is 19.4. The second-order valence-corrected chi connectivity index (χ2v) is 5.02. The average molecular weight is 182 g/mol. The second-order valence-electron chi connectivity index (χ2n) is 2.84. The van der Waals surface area contributed by atoms with Gasteiger partial charge in [0.05, 0.1) is 4.90 Å². The molecule has 0 amide bonds. The fourth-order valence-corrected chi connectivity index (χ4v) is 2.70. The van der Waals surface area contributed by atoms with Gasteiger partial charge in [-0.3, -0.25) is 9.11 Å². The van der Waals surface area contributed by atoms with Crippen LogP contribution in [0.2, 0.25) is 0 Å². The van der Waals surface area contributed by atoms with Crippen molar-refractivity contribution in [1.82, 2.24) is 0 Å². The number of benzene rings is 1. The highest BCUT2D eigenvalue weighted by atomic mass is 32.3. The van der Waals surface area contributed by atoms with E-state index in [0.717, 1.165) is 5.56 Å². The van der Waals surface area contributed by atoms with Crippen molar-refractivity contribution in [3.63, 3.8) is 0 Å². The SMILES string of the molecule is CC1=Cc2ccccc2S1(O)O. The summed E-state index contributed by atoms with van der Waals surface area (Å²) in [4.78, 5) is 1.31. The molecule has 1 aromatic carbocycles. The van der Waals surface area contributed by atoms with E-state index < -0.39 is 10.6 Å². The van der Waals surface area contributed by atoms with Crippen LogP contribution in [0.5, 0.6) is 0 Å². The molecule has 0 atom stereocenters. The molecule has 1 aliphatic rings. The summed E-state index contributed by atoms with van der Waals surface area (Å²) in [5, 5.41) is 0. The van der Waals surface area contributed by atoms with E-state index in [9.17, 15) is 9.11 Å². The van der Waals surface area contributed by atoms with Crippen molar-refractivity contribution < 1.29 is 9.11 Å². The average Bonchev–Trinajstić information content (AvgIpc) is 2.25. The Balaban J connectivity index is 2.66. The van der Waals surface area contributed by atoms with E-state index in [1.807, 2.05) is 24.3 Å². The molecule has 2 rings (SSSR count). The lowest BCUT2D eigenvalue weighted by molar-refractivity contribution is 0.497. The van der Waals surface area contributed by atoms with Gasteiger partial charge in [-0.25, -0.2) is 0 Å². The maximum atomic E-state index is 9.69. The predicted molar refractivity (Wildman–Crippen MR) is 51.2 cm³/mol. The van der Waals surface area contributed by atoms with Crippen LogP contribution in [-0.2, 0) is 0 Å². The molecule has 1 aromatic rings. The molecule has 0 saturated heterocycles. The van der Waals surface area contributed by atoms with Gasteiger partial charge in [-0.05, 0) is 24.6 Å². The Morgan fingerprint density at radius 2 is 1.83 bits per heavy atom. The first kappa shape index (κ1) is 7.86. The van der Waals surface area contributed by atoms with Crippen LogP contribution in [0.3, 0.4) is 0 Å². The lowest BCUT2D eigenvalue weighted by Crippen LogP contribution is -1.94. The van der Waals surface area contributed by atoms with E-state index >= 15 is 0 Å². The van der Waals surface area contributed by atoms with Gasteiger partial charge in [-0.2, -0.15) is 0 Å². The summed E-state index contributed by atoms with van der Waals surface area (Å²) >= 11 is 0. The summed E-state index contributed by atoms with van der Waals surface area (Å²) in [5.74, 6) is 0. The molecule has 0 aromatic heterocycles. The molecule has 64 valence electrons. The Labute approximate surface area is 72.9 Å². The van der Waals surface area contributed by atoms with E-state index in [1.54, 1.807) is 13.0 Å². The van der Waals surface area contributed by atoms with Crippen molar-refractivity contribution in [3.8, 4) is 0 Å². The van der Waals surface area contributed by atoms with Crippen LogP contribution in [0.25, 0.3) is 6.08 Å². The van der Waals surface area contributed by atoms with E-state index in [0.29, 0.717) is 9.80 Å². The summed E-state index contributed by atoms with van der Waals surface area (Å²) in [6.45, 7) is 1.75. The van der Waals surface area contributed by atoms with Crippen molar-refractivity contribution >= 4 is 16.7 Å². The minimum absolute atomic E-state index is 0.655. The summed E-state index contributed by atoms with van der Waals surface area (Å²) in [6, 6.07) is 7.36. The standard InChI is InChI=1S/C9H10O2S/c1-7-6-8-4-2-3-5-9(8)12(7,10)11/h2-6,10-11H,1H3. The number of allylic oxidation sites excluding steroid dienone is 1. The van der Waals surface area contributed by atoms with Gasteiger partial charge < -0.3 is 0 Å². The third-order valence-electron chi connectivity index (χ3n) is 2.03. The lowest BCUT2D eigenvalue weighted by atomic mass is 10.2. The monoisotopic (exact) mass is 182 g/mol. The molecule has 0 bridgehead atoms. The molecule has 1 aliphatic heterocycles. The number of hydrogen-bond donors (Lipinski definition) is 2. The molecule has 0 radical (unpaired) electrons. The normalized spacial score (nSPS) is 21.4. The van der Waals surface area contributed by atoms with Gasteiger partial charge in [0.1, 0.15) is 0 Å². The highest BCUT2D eigenvalue weighted by molar-refractivity contribution is 8.28. The van der Waals surface area contributed by atoms with Crippen LogP contribution in [0, 0.1) is 0 Å². The Bertz CT molecular complexity index is 355. The highest BCUT2D eigenvalue weighted by Gasteiger charge is 2.25.